The Kier molecular flexibility index (Phi) is 8.76. The van der Waals surface area contributed by atoms with Gasteiger partial charge in [0.15, 0.2) is 0 Å². The number of ether oxygens (including phenoxy) is 3. The molecule has 1 heterocycles. The summed E-state index contributed by atoms with van der Waals surface area (Å²) in [6.07, 6.45) is -2.80. The molecule has 1 saturated heterocycles. The van der Waals surface area contributed by atoms with Gasteiger partial charge in [-0.2, -0.15) is 17.2 Å². The number of aliphatic hydroxyl groups excluding tert-OH is 1. The van der Waals surface area contributed by atoms with Gasteiger partial charge in [0.1, 0.15) is 0 Å². The molecule has 1 fully saturated rings. The van der Waals surface area contributed by atoms with E-state index in [4.69, 9.17) is 14.0 Å². The van der Waals surface area contributed by atoms with E-state index in [9.17, 15) is 27.1 Å². The van der Waals surface area contributed by atoms with Gasteiger partial charge in [-0.05, 0) is 0 Å². The van der Waals surface area contributed by atoms with Crippen LogP contribution >= 0.6 is 0 Å². The van der Waals surface area contributed by atoms with Gasteiger partial charge in [0.25, 0.3) is 0 Å². The van der Waals surface area contributed by atoms with E-state index >= 15 is 0 Å². The van der Waals surface area contributed by atoms with Crippen LogP contribution in [0.15, 0.2) is 66.7 Å². The van der Waals surface area contributed by atoms with Crippen LogP contribution in [0.4, 0.5) is 8.78 Å². The van der Waals surface area contributed by atoms with Crippen molar-refractivity contribution in [1.82, 2.24) is 0 Å². The predicted octanol–water partition coefficient (Wildman–Crippen LogP) is -0.440. The number of alkyl halides is 2. The number of aliphatic hydroxyl groups is 1. The van der Waals surface area contributed by atoms with Gasteiger partial charge in [-0.25, -0.2) is 0 Å². The van der Waals surface area contributed by atoms with Crippen LogP contribution in [0.3, 0.4) is 0 Å². The summed E-state index contributed by atoms with van der Waals surface area (Å²) in [6, 6.07) is 17.6. The molecule has 0 aromatic heterocycles. The van der Waals surface area contributed by atoms with Gasteiger partial charge in [-0.1, -0.05) is 0 Å². The first-order chi connectivity index (χ1) is 16.0. The summed E-state index contributed by atoms with van der Waals surface area (Å²) in [5, 5.41) is 5.73. The fourth-order valence-electron chi connectivity index (χ4n) is 3.01. The van der Waals surface area contributed by atoms with Crippen LogP contribution < -0.4 is 21.2 Å². The summed E-state index contributed by atoms with van der Waals surface area (Å²) in [7, 11) is -5.65. The second-order valence-electron chi connectivity index (χ2n) is 7.32. The number of esters is 1. The van der Waals surface area contributed by atoms with Gasteiger partial charge in [0, 0.05) is 0 Å². The van der Waals surface area contributed by atoms with Gasteiger partial charge in [0.2, 0.25) is 0 Å². The number of carbonyl (C=O) groups excluding carboxylic acids is 1. The fraction of sp³-hybridized carbons (Fsp3) is 0.318. The van der Waals surface area contributed by atoms with E-state index in [-0.39, 0.29) is 12.0 Å². The number of rotatable bonds is 10. The fourth-order valence-corrected chi connectivity index (χ4v) is 5.91. The van der Waals surface area contributed by atoms with Crippen molar-refractivity contribution in [3.05, 3.63) is 79.5 Å². The Hall–Kier alpha value is -1.97. The molecule has 12 heteroatoms. The van der Waals surface area contributed by atoms with E-state index in [0.717, 1.165) is 9.13 Å². The molecular weight excluding hydrogens is 589 g/mol. The molecule has 8 nitrogen and oxygen atoms in total. The third-order valence-electron chi connectivity index (χ3n) is 4.74. The van der Waals surface area contributed by atoms with Crippen LogP contribution in [0.2, 0.25) is 0 Å². The minimum atomic E-state index is -5.65. The Balaban J connectivity index is 1.57. The molecule has 186 valence electrons. The van der Waals surface area contributed by atoms with Crippen LogP contribution in [-0.2, 0) is 29.1 Å². The van der Waals surface area contributed by atoms with Crippen LogP contribution in [0.25, 0.3) is 0 Å². The summed E-state index contributed by atoms with van der Waals surface area (Å²) in [5.41, 5.74) is 0.503. The molecule has 3 atom stereocenters. The van der Waals surface area contributed by atoms with Crippen LogP contribution in [-0.4, -0.2) is 54.9 Å². The van der Waals surface area contributed by atoms with Crippen molar-refractivity contribution >= 4 is 16.1 Å². The van der Waals surface area contributed by atoms with Crippen LogP contribution in [0, 0.1) is 7.14 Å². The standard InChI is InChI=1S/C22H22F2IO8S/c1-14(12-31-13-22(23,24)34(28,29)30)20(26)33-19-11-18(32-21(19)27)16-9-5-6-10-17(16)25-15-7-3-2-4-8-15/h2-10,18-19,21,27H,1,11-13H2,(H,28,29,30)/q-1. The molecule has 0 saturated carbocycles. The zero-order valence-corrected chi connectivity index (χ0v) is 20.6. The molecular formula is C22H22F2IO8S-. The van der Waals surface area contributed by atoms with Crippen molar-refractivity contribution in [1.29, 1.82) is 0 Å². The van der Waals surface area contributed by atoms with Crippen molar-refractivity contribution in [3.63, 3.8) is 0 Å². The monoisotopic (exact) mass is 611 g/mol. The van der Waals surface area contributed by atoms with Crippen molar-refractivity contribution in [2.24, 2.45) is 0 Å². The maximum atomic E-state index is 13.2. The Bertz CT molecular complexity index is 1130. The topological polar surface area (TPSA) is 119 Å². The molecule has 3 unspecified atom stereocenters. The number of benzene rings is 2. The van der Waals surface area contributed by atoms with E-state index in [0.29, 0.717) is 0 Å². The number of carbonyl (C=O) groups is 1. The molecule has 34 heavy (non-hydrogen) atoms. The summed E-state index contributed by atoms with van der Waals surface area (Å²) in [4.78, 5) is 12.2. The summed E-state index contributed by atoms with van der Waals surface area (Å²) < 4.78 is 73.6. The van der Waals surface area contributed by atoms with Gasteiger partial charge in [-0.15, -0.1) is 0 Å². The zero-order chi connectivity index (χ0) is 24.9. The first-order valence-electron chi connectivity index (χ1n) is 9.91. The maximum absolute atomic E-state index is 13.2. The van der Waals surface area contributed by atoms with E-state index in [1.807, 2.05) is 54.6 Å². The Labute approximate surface area is 205 Å². The summed E-state index contributed by atoms with van der Waals surface area (Å²) in [6.45, 7) is 0.935. The van der Waals surface area contributed by atoms with Gasteiger partial charge in [0.05, 0.1) is 0 Å². The molecule has 2 aromatic carbocycles. The molecule has 1 aliphatic heterocycles. The average molecular weight is 611 g/mol. The van der Waals surface area contributed by atoms with E-state index in [2.05, 4.69) is 11.3 Å². The SMILES string of the molecule is C=C(COCC(F)(F)S(=O)(=O)O)C(=O)OC1CC(c2ccccc2[I-]c2ccccc2)OC1O. The molecule has 0 spiro atoms. The number of halogens is 3. The third kappa shape index (κ3) is 6.79. The molecule has 2 aromatic rings. The second kappa shape index (κ2) is 11.2. The molecule has 0 bridgehead atoms. The average Bonchev–Trinajstić information content (AvgIpc) is 3.13. The van der Waals surface area contributed by atoms with Crippen molar-refractivity contribution < 1.29 is 67.1 Å². The van der Waals surface area contributed by atoms with Gasteiger partial charge >= 0.3 is 184 Å². The van der Waals surface area contributed by atoms with Crippen LogP contribution in [0.5, 0.6) is 0 Å². The van der Waals surface area contributed by atoms with E-state index in [1.54, 1.807) is 0 Å². The quantitative estimate of drug-likeness (QED) is 0.161. The first-order valence-corrected chi connectivity index (χ1v) is 13.5. The molecule has 0 aliphatic carbocycles. The van der Waals surface area contributed by atoms with E-state index < -0.39 is 74.3 Å². The molecule has 1 aliphatic rings. The zero-order valence-electron chi connectivity index (χ0n) is 17.6. The first kappa shape index (κ1) is 26.6. The normalized spacial score (nSPS) is 20.9. The number of hydrogen-bond donors (Lipinski definition) is 2. The number of hydrogen-bond acceptors (Lipinski definition) is 7. The minimum absolute atomic E-state index is 0.164. The van der Waals surface area contributed by atoms with Crippen LogP contribution in [0.1, 0.15) is 18.1 Å². The van der Waals surface area contributed by atoms with Crippen molar-refractivity contribution in [2.45, 2.75) is 30.2 Å². The van der Waals surface area contributed by atoms with Crippen molar-refractivity contribution in [2.75, 3.05) is 13.2 Å². The second-order valence-corrected chi connectivity index (χ2v) is 11.8. The van der Waals surface area contributed by atoms with E-state index in [1.165, 1.54) is 3.57 Å². The Morgan fingerprint density at radius 1 is 1.18 bits per heavy atom. The Morgan fingerprint density at radius 3 is 2.50 bits per heavy atom. The third-order valence-corrected chi connectivity index (χ3v) is 8.51. The Morgan fingerprint density at radius 2 is 1.82 bits per heavy atom. The van der Waals surface area contributed by atoms with Gasteiger partial charge < -0.3 is 0 Å². The van der Waals surface area contributed by atoms with Crippen molar-refractivity contribution in [3.8, 4) is 0 Å². The molecule has 0 amide bonds. The molecule has 3 rings (SSSR count). The summed E-state index contributed by atoms with van der Waals surface area (Å²) >= 11 is -0.516. The molecule has 0 radical (unpaired) electrons. The summed E-state index contributed by atoms with van der Waals surface area (Å²) in [5.74, 6) is -1.02. The molecule has 2 N–H and O–H groups in total. The van der Waals surface area contributed by atoms with Gasteiger partial charge in [-0.3, -0.25) is 4.55 Å². The predicted molar refractivity (Wildman–Crippen MR) is 111 cm³/mol.